The van der Waals surface area contributed by atoms with Crippen molar-refractivity contribution in [3.05, 3.63) is 5.82 Å². The van der Waals surface area contributed by atoms with Crippen molar-refractivity contribution in [1.82, 2.24) is 14.8 Å². The Labute approximate surface area is 110 Å². The molecule has 1 saturated carbocycles. The number of nitrogens with zero attached hydrogens (tertiary/aromatic N) is 3. The predicted molar refractivity (Wildman–Crippen MR) is 66.8 cm³/mol. The molecule has 1 N–H and O–H groups in total. The molecule has 0 saturated heterocycles. The summed E-state index contributed by atoms with van der Waals surface area (Å²) in [5, 5.41) is 17.5. The standard InChI is InChI=1S/C11H17N3O3S/c1-7-12-13-11(18-6-10(15)16)14(7)8-3-4-9(5-8)17-2/h8-9H,3-6H2,1-2H3,(H,15,16). The number of carbonyl (C=O) groups is 1. The molecule has 0 bridgehead atoms. The molecule has 0 aliphatic heterocycles. The summed E-state index contributed by atoms with van der Waals surface area (Å²) >= 11 is 1.22. The number of ether oxygens (including phenoxy) is 1. The molecule has 1 aromatic rings. The normalized spacial score (nSPS) is 23.4. The highest BCUT2D eigenvalue weighted by molar-refractivity contribution is 7.99. The summed E-state index contributed by atoms with van der Waals surface area (Å²) in [6, 6.07) is 0.321. The van der Waals surface area contributed by atoms with Gasteiger partial charge in [0.15, 0.2) is 5.16 Å². The third-order valence-electron chi connectivity index (χ3n) is 3.22. The average Bonchev–Trinajstić information content (AvgIpc) is 2.92. The molecule has 7 heteroatoms. The lowest BCUT2D eigenvalue weighted by Crippen LogP contribution is -2.12. The minimum atomic E-state index is -0.839. The SMILES string of the molecule is COC1CCC(n2c(C)nnc2SCC(=O)O)C1. The fraction of sp³-hybridized carbons (Fsp3) is 0.727. The van der Waals surface area contributed by atoms with Gasteiger partial charge in [0, 0.05) is 13.2 Å². The molecule has 6 nitrogen and oxygen atoms in total. The Balaban J connectivity index is 2.11. The van der Waals surface area contributed by atoms with Gasteiger partial charge in [-0.2, -0.15) is 0 Å². The Morgan fingerprint density at radius 1 is 1.56 bits per heavy atom. The van der Waals surface area contributed by atoms with Crippen LogP contribution in [0.4, 0.5) is 0 Å². The summed E-state index contributed by atoms with van der Waals surface area (Å²) in [6.07, 6.45) is 3.28. The zero-order chi connectivity index (χ0) is 13.1. The molecule has 1 heterocycles. The third kappa shape index (κ3) is 2.84. The van der Waals surface area contributed by atoms with E-state index in [1.807, 2.05) is 11.5 Å². The number of carboxylic acid groups (broad SMARTS) is 1. The van der Waals surface area contributed by atoms with Crippen molar-refractivity contribution < 1.29 is 14.6 Å². The molecule has 18 heavy (non-hydrogen) atoms. The molecule has 1 aliphatic carbocycles. The molecule has 1 aromatic heterocycles. The van der Waals surface area contributed by atoms with Gasteiger partial charge in [0.25, 0.3) is 0 Å². The first kappa shape index (κ1) is 13.4. The van der Waals surface area contributed by atoms with Gasteiger partial charge in [0.05, 0.1) is 11.9 Å². The maximum Gasteiger partial charge on any atom is 0.313 e. The lowest BCUT2D eigenvalue weighted by molar-refractivity contribution is -0.133. The van der Waals surface area contributed by atoms with Crippen LogP contribution in [0.2, 0.25) is 0 Å². The van der Waals surface area contributed by atoms with Gasteiger partial charge in [-0.1, -0.05) is 11.8 Å². The van der Waals surface area contributed by atoms with Crippen molar-refractivity contribution in [1.29, 1.82) is 0 Å². The molecule has 1 aliphatic rings. The monoisotopic (exact) mass is 271 g/mol. The van der Waals surface area contributed by atoms with Gasteiger partial charge >= 0.3 is 5.97 Å². The third-order valence-corrected chi connectivity index (χ3v) is 4.14. The highest BCUT2D eigenvalue weighted by atomic mass is 32.2. The van der Waals surface area contributed by atoms with Crippen LogP contribution >= 0.6 is 11.8 Å². The summed E-state index contributed by atoms with van der Waals surface area (Å²) in [7, 11) is 1.73. The van der Waals surface area contributed by atoms with E-state index in [0.29, 0.717) is 11.2 Å². The van der Waals surface area contributed by atoms with E-state index < -0.39 is 5.97 Å². The van der Waals surface area contributed by atoms with Crippen LogP contribution in [0.15, 0.2) is 5.16 Å². The Morgan fingerprint density at radius 2 is 2.33 bits per heavy atom. The number of thioether (sulfide) groups is 1. The van der Waals surface area contributed by atoms with Gasteiger partial charge in [-0.25, -0.2) is 0 Å². The molecule has 2 rings (SSSR count). The number of aromatic nitrogens is 3. The maximum atomic E-state index is 10.6. The molecular formula is C11H17N3O3S. The summed E-state index contributed by atoms with van der Waals surface area (Å²) in [6.45, 7) is 1.90. The second kappa shape index (κ2) is 5.71. The van der Waals surface area contributed by atoms with E-state index in [4.69, 9.17) is 9.84 Å². The van der Waals surface area contributed by atoms with Gasteiger partial charge in [-0.05, 0) is 26.2 Å². The number of carboxylic acids is 1. The van der Waals surface area contributed by atoms with E-state index in [2.05, 4.69) is 10.2 Å². The molecule has 0 spiro atoms. The summed E-state index contributed by atoms with van der Waals surface area (Å²) < 4.78 is 7.41. The van der Waals surface area contributed by atoms with Gasteiger partial charge in [0.1, 0.15) is 5.82 Å². The maximum absolute atomic E-state index is 10.6. The molecule has 2 atom stereocenters. The fourth-order valence-electron chi connectivity index (χ4n) is 2.36. The molecule has 1 fully saturated rings. The quantitative estimate of drug-likeness (QED) is 0.818. The number of hydrogen-bond donors (Lipinski definition) is 1. The summed E-state index contributed by atoms with van der Waals surface area (Å²) in [5.41, 5.74) is 0. The highest BCUT2D eigenvalue weighted by Gasteiger charge is 2.29. The fourth-order valence-corrected chi connectivity index (χ4v) is 3.13. The molecule has 0 amide bonds. The lowest BCUT2D eigenvalue weighted by Gasteiger charge is -2.15. The summed E-state index contributed by atoms with van der Waals surface area (Å²) in [5.74, 6) is 0.0106. The second-order valence-corrected chi connectivity index (χ2v) is 5.35. The number of aliphatic carboxylic acids is 1. The minimum Gasteiger partial charge on any atom is -0.481 e. The molecule has 2 unspecified atom stereocenters. The minimum absolute atomic E-state index is 0.0125. The first-order chi connectivity index (χ1) is 8.61. The second-order valence-electron chi connectivity index (χ2n) is 4.41. The topological polar surface area (TPSA) is 77.2 Å². The van der Waals surface area contributed by atoms with E-state index in [0.717, 1.165) is 25.1 Å². The van der Waals surface area contributed by atoms with E-state index in [-0.39, 0.29) is 11.9 Å². The lowest BCUT2D eigenvalue weighted by atomic mass is 10.2. The van der Waals surface area contributed by atoms with Crippen LogP contribution in [-0.4, -0.2) is 44.8 Å². The highest BCUT2D eigenvalue weighted by Crippen LogP contribution is 2.34. The Kier molecular flexibility index (Phi) is 4.23. The van der Waals surface area contributed by atoms with Crippen molar-refractivity contribution in [3.8, 4) is 0 Å². The first-order valence-corrected chi connectivity index (χ1v) is 6.89. The van der Waals surface area contributed by atoms with Crippen LogP contribution in [0.3, 0.4) is 0 Å². The van der Waals surface area contributed by atoms with Crippen molar-refractivity contribution in [2.24, 2.45) is 0 Å². The predicted octanol–water partition coefficient (Wildman–Crippen LogP) is 1.50. The van der Waals surface area contributed by atoms with Crippen LogP contribution in [0, 0.1) is 6.92 Å². The first-order valence-electron chi connectivity index (χ1n) is 5.90. The average molecular weight is 271 g/mol. The van der Waals surface area contributed by atoms with Gasteiger partial charge in [-0.15, -0.1) is 10.2 Å². The van der Waals surface area contributed by atoms with E-state index in [1.54, 1.807) is 7.11 Å². The van der Waals surface area contributed by atoms with Crippen molar-refractivity contribution >= 4 is 17.7 Å². The van der Waals surface area contributed by atoms with Crippen molar-refractivity contribution in [2.45, 2.75) is 43.5 Å². The largest absolute Gasteiger partial charge is 0.481 e. The van der Waals surface area contributed by atoms with E-state index >= 15 is 0 Å². The Bertz CT molecular complexity index is 435. The smallest absolute Gasteiger partial charge is 0.313 e. The van der Waals surface area contributed by atoms with E-state index in [9.17, 15) is 4.79 Å². The van der Waals surface area contributed by atoms with Crippen LogP contribution < -0.4 is 0 Å². The van der Waals surface area contributed by atoms with Gasteiger partial charge in [0.2, 0.25) is 0 Å². The summed E-state index contributed by atoms with van der Waals surface area (Å²) in [4.78, 5) is 10.6. The van der Waals surface area contributed by atoms with Crippen LogP contribution in [0.1, 0.15) is 31.1 Å². The Morgan fingerprint density at radius 3 is 2.94 bits per heavy atom. The number of aryl methyl sites for hydroxylation is 1. The zero-order valence-electron chi connectivity index (χ0n) is 10.5. The van der Waals surface area contributed by atoms with Crippen LogP contribution in [0.25, 0.3) is 0 Å². The van der Waals surface area contributed by atoms with Gasteiger partial charge in [-0.3, -0.25) is 4.79 Å². The van der Waals surface area contributed by atoms with E-state index in [1.165, 1.54) is 11.8 Å². The number of methoxy groups -OCH3 is 1. The number of rotatable bonds is 5. The van der Waals surface area contributed by atoms with Crippen molar-refractivity contribution in [2.75, 3.05) is 12.9 Å². The van der Waals surface area contributed by atoms with Crippen LogP contribution in [-0.2, 0) is 9.53 Å². The number of hydrogen-bond acceptors (Lipinski definition) is 5. The molecule has 0 radical (unpaired) electrons. The molecular weight excluding hydrogens is 254 g/mol. The Hall–Kier alpha value is -1.08. The van der Waals surface area contributed by atoms with Crippen LogP contribution in [0.5, 0.6) is 0 Å². The molecule has 0 aromatic carbocycles. The van der Waals surface area contributed by atoms with Gasteiger partial charge < -0.3 is 14.4 Å². The molecule has 100 valence electrons. The zero-order valence-corrected chi connectivity index (χ0v) is 11.3. The van der Waals surface area contributed by atoms with Crippen molar-refractivity contribution in [3.63, 3.8) is 0 Å².